The average molecular weight is 235 g/mol. The van der Waals surface area contributed by atoms with Crippen LogP contribution >= 0.6 is 11.6 Å². The summed E-state index contributed by atoms with van der Waals surface area (Å²) < 4.78 is 0. The topological polar surface area (TPSA) is 44.1 Å². The Bertz CT molecular complexity index is 465. The molecule has 1 aromatic carbocycles. The second-order valence-corrected chi connectivity index (χ2v) is 4.27. The van der Waals surface area contributed by atoms with Crippen LogP contribution in [-0.4, -0.2) is 18.9 Å². The summed E-state index contributed by atoms with van der Waals surface area (Å²) >= 11 is 5.83. The molecule has 2 rings (SSSR count). The maximum atomic E-state index is 11.4. The van der Waals surface area contributed by atoms with E-state index >= 15 is 0 Å². The van der Waals surface area contributed by atoms with Crippen LogP contribution in [0.1, 0.15) is 18.4 Å². The molecule has 0 N–H and O–H groups in total. The summed E-state index contributed by atoms with van der Waals surface area (Å²) in [4.78, 5) is 13.3. The van der Waals surface area contributed by atoms with Gasteiger partial charge in [0.15, 0.2) is 5.78 Å². The molecule has 16 heavy (non-hydrogen) atoms. The zero-order valence-corrected chi connectivity index (χ0v) is 9.50. The van der Waals surface area contributed by atoms with Gasteiger partial charge < -0.3 is 4.90 Å². The molecule has 0 aromatic heterocycles. The number of carbonyl (C=O) groups excluding carboxylic acids is 1. The van der Waals surface area contributed by atoms with Gasteiger partial charge in [-0.25, -0.2) is 0 Å². The number of hydrogen-bond donors (Lipinski definition) is 0. The Hall–Kier alpha value is -1.53. The van der Waals surface area contributed by atoms with Crippen molar-refractivity contribution < 1.29 is 4.79 Å². The summed E-state index contributed by atoms with van der Waals surface area (Å²) in [6.45, 7) is 1.22. The summed E-state index contributed by atoms with van der Waals surface area (Å²) in [5.41, 5.74) is 1.34. The monoisotopic (exact) mass is 234 g/mol. The number of nitriles is 1. The zero-order valence-electron chi connectivity index (χ0n) is 8.74. The quantitative estimate of drug-likeness (QED) is 0.750. The van der Waals surface area contributed by atoms with Gasteiger partial charge in [0.05, 0.1) is 17.8 Å². The van der Waals surface area contributed by atoms with E-state index in [9.17, 15) is 4.79 Å². The van der Waals surface area contributed by atoms with Crippen molar-refractivity contribution in [2.24, 2.45) is 0 Å². The van der Waals surface area contributed by atoms with Crippen LogP contribution in [0.5, 0.6) is 0 Å². The normalized spacial score (nSPS) is 16.0. The van der Waals surface area contributed by atoms with Crippen molar-refractivity contribution in [3.8, 4) is 6.07 Å². The van der Waals surface area contributed by atoms with E-state index in [1.54, 1.807) is 18.2 Å². The van der Waals surface area contributed by atoms with E-state index in [2.05, 4.69) is 6.07 Å². The predicted molar refractivity (Wildman–Crippen MR) is 62.6 cm³/mol. The van der Waals surface area contributed by atoms with Gasteiger partial charge in [-0.05, 0) is 24.6 Å². The summed E-state index contributed by atoms with van der Waals surface area (Å²) in [6.07, 6.45) is 1.50. The fourth-order valence-corrected chi connectivity index (χ4v) is 2.09. The SMILES string of the molecule is N#Cc1cc(Cl)ccc1N1CCCC(=O)C1. The third-order valence-corrected chi connectivity index (χ3v) is 2.91. The molecule has 1 aliphatic heterocycles. The zero-order chi connectivity index (χ0) is 11.5. The summed E-state index contributed by atoms with van der Waals surface area (Å²) in [5.74, 6) is 0.227. The Morgan fingerprint density at radius 2 is 2.25 bits per heavy atom. The molecule has 0 unspecified atom stereocenters. The van der Waals surface area contributed by atoms with Crippen molar-refractivity contribution in [2.75, 3.05) is 18.0 Å². The summed E-state index contributed by atoms with van der Waals surface area (Å²) in [6, 6.07) is 7.30. The van der Waals surface area contributed by atoms with E-state index in [1.807, 2.05) is 4.90 Å². The summed E-state index contributed by atoms with van der Waals surface area (Å²) in [5, 5.41) is 9.56. The molecule has 4 heteroatoms. The van der Waals surface area contributed by atoms with Crippen LogP contribution in [0.2, 0.25) is 5.02 Å². The van der Waals surface area contributed by atoms with Crippen LogP contribution in [0, 0.1) is 11.3 Å². The van der Waals surface area contributed by atoms with E-state index in [4.69, 9.17) is 16.9 Å². The van der Waals surface area contributed by atoms with Crippen LogP contribution < -0.4 is 4.90 Å². The largest absolute Gasteiger partial charge is 0.363 e. The van der Waals surface area contributed by atoms with Crippen molar-refractivity contribution in [3.63, 3.8) is 0 Å². The highest BCUT2D eigenvalue weighted by molar-refractivity contribution is 6.30. The lowest BCUT2D eigenvalue weighted by atomic mass is 10.1. The molecule has 0 amide bonds. The minimum absolute atomic E-state index is 0.227. The van der Waals surface area contributed by atoms with Gasteiger partial charge in [0.2, 0.25) is 0 Å². The van der Waals surface area contributed by atoms with E-state index in [0.717, 1.165) is 18.7 Å². The van der Waals surface area contributed by atoms with E-state index in [0.29, 0.717) is 23.6 Å². The first-order chi connectivity index (χ1) is 7.70. The van der Waals surface area contributed by atoms with Crippen LogP contribution in [0.4, 0.5) is 5.69 Å². The van der Waals surface area contributed by atoms with Gasteiger partial charge in [-0.15, -0.1) is 0 Å². The smallest absolute Gasteiger partial charge is 0.152 e. The molecular weight excluding hydrogens is 224 g/mol. The molecular formula is C12H11ClN2O. The Balaban J connectivity index is 2.32. The molecule has 1 fully saturated rings. The van der Waals surface area contributed by atoms with Gasteiger partial charge >= 0.3 is 0 Å². The van der Waals surface area contributed by atoms with Gasteiger partial charge in [-0.2, -0.15) is 5.26 Å². The Morgan fingerprint density at radius 3 is 2.94 bits per heavy atom. The first-order valence-electron chi connectivity index (χ1n) is 5.17. The predicted octanol–water partition coefficient (Wildman–Crippen LogP) is 2.38. The first-order valence-corrected chi connectivity index (χ1v) is 5.55. The van der Waals surface area contributed by atoms with Crippen LogP contribution in [0.3, 0.4) is 0 Å². The van der Waals surface area contributed by atoms with Crippen molar-refractivity contribution >= 4 is 23.1 Å². The Labute approximate surface area is 99.2 Å². The van der Waals surface area contributed by atoms with Gasteiger partial charge in [0, 0.05) is 18.0 Å². The number of anilines is 1. The van der Waals surface area contributed by atoms with Gasteiger partial charge in [-0.3, -0.25) is 4.79 Å². The minimum atomic E-state index is 0.227. The maximum absolute atomic E-state index is 11.4. The molecule has 0 saturated carbocycles. The molecule has 1 aliphatic rings. The van der Waals surface area contributed by atoms with E-state index in [1.165, 1.54) is 0 Å². The molecule has 0 atom stereocenters. The number of rotatable bonds is 1. The number of halogens is 1. The second kappa shape index (κ2) is 4.54. The van der Waals surface area contributed by atoms with Crippen molar-refractivity contribution in [1.29, 1.82) is 5.26 Å². The molecule has 1 aromatic rings. The molecule has 82 valence electrons. The van der Waals surface area contributed by atoms with E-state index < -0.39 is 0 Å². The lowest BCUT2D eigenvalue weighted by molar-refractivity contribution is -0.118. The van der Waals surface area contributed by atoms with Crippen LogP contribution in [0.25, 0.3) is 0 Å². The number of nitrogens with zero attached hydrogens (tertiary/aromatic N) is 2. The van der Waals surface area contributed by atoms with Crippen molar-refractivity contribution in [3.05, 3.63) is 28.8 Å². The van der Waals surface area contributed by atoms with Gasteiger partial charge in [-0.1, -0.05) is 11.6 Å². The van der Waals surface area contributed by atoms with E-state index in [-0.39, 0.29) is 5.78 Å². The van der Waals surface area contributed by atoms with Gasteiger partial charge in [0.25, 0.3) is 0 Å². The van der Waals surface area contributed by atoms with Crippen molar-refractivity contribution in [2.45, 2.75) is 12.8 Å². The average Bonchev–Trinajstić information content (AvgIpc) is 2.28. The van der Waals surface area contributed by atoms with Crippen LogP contribution in [0.15, 0.2) is 18.2 Å². The third kappa shape index (κ3) is 2.17. The highest BCUT2D eigenvalue weighted by atomic mass is 35.5. The molecule has 1 saturated heterocycles. The Morgan fingerprint density at radius 1 is 1.44 bits per heavy atom. The number of hydrogen-bond acceptors (Lipinski definition) is 3. The fourth-order valence-electron chi connectivity index (χ4n) is 1.92. The summed E-state index contributed by atoms with van der Waals surface area (Å²) in [7, 11) is 0. The highest BCUT2D eigenvalue weighted by Crippen LogP contribution is 2.25. The Kier molecular flexibility index (Phi) is 3.12. The number of piperidine rings is 1. The number of carbonyl (C=O) groups is 1. The minimum Gasteiger partial charge on any atom is -0.363 e. The maximum Gasteiger partial charge on any atom is 0.152 e. The lowest BCUT2D eigenvalue weighted by Gasteiger charge is -2.28. The lowest BCUT2D eigenvalue weighted by Crippen LogP contribution is -2.35. The second-order valence-electron chi connectivity index (χ2n) is 3.84. The highest BCUT2D eigenvalue weighted by Gasteiger charge is 2.19. The number of ketones is 1. The van der Waals surface area contributed by atoms with Crippen molar-refractivity contribution in [1.82, 2.24) is 0 Å². The fraction of sp³-hybridized carbons (Fsp3) is 0.333. The molecule has 3 nitrogen and oxygen atoms in total. The molecule has 0 aliphatic carbocycles. The third-order valence-electron chi connectivity index (χ3n) is 2.67. The number of Topliss-reactive ketones (excluding diaryl/α,β-unsaturated/α-hetero) is 1. The first kappa shape index (κ1) is 11.0. The molecule has 1 heterocycles. The standard InChI is InChI=1S/C12H11ClN2O/c13-10-3-4-12(9(6-10)7-14)15-5-1-2-11(16)8-15/h3-4,6H,1-2,5,8H2. The molecule has 0 radical (unpaired) electrons. The van der Waals surface area contributed by atoms with Crippen LogP contribution in [-0.2, 0) is 4.79 Å². The number of benzene rings is 1. The van der Waals surface area contributed by atoms with Gasteiger partial charge in [0.1, 0.15) is 6.07 Å². The molecule has 0 spiro atoms. The molecule has 0 bridgehead atoms.